The Morgan fingerprint density at radius 2 is 1.57 bits per heavy atom. The lowest BCUT2D eigenvalue weighted by atomic mass is 10.1. The molecule has 2 aromatic rings. The van der Waals surface area contributed by atoms with Crippen LogP contribution in [0.4, 0.5) is 4.79 Å². The molecule has 0 saturated carbocycles. The molecule has 1 saturated heterocycles. The van der Waals surface area contributed by atoms with Crippen molar-refractivity contribution in [3.05, 3.63) is 71.8 Å². The van der Waals surface area contributed by atoms with Gasteiger partial charge in [-0.25, -0.2) is 4.79 Å². The number of carbonyl (C=O) groups excluding carboxylic acids is 1. The van der Waals surface area contributed by atoms with Crippen LogP contribution in [0, 0.1) is 0 Å². The predicted octanol–water partition coefficient (Wildman–Crippen LogP) is 3.69. The zero-order valence-electron chi connectivity index (χ0n) is 18.2. The molecule has 1 heterocycles. The van der Waals surface area contributed by atoms with Crippen LogP contribution >= 0.6 is 0 Å². The highest BCUT2D eigenvalue weighted by molar-refractivity contribution is 5.74. The smallest absolute Gasteiger partial charge is 0.315 e. The molecule has 0 spiro atoms. The molecule has 0 aromatic heterocycles. The summed E-state index contributed by atoms with van der Waals surface area (Å²) in [5.74, 6) is 0. The summed E-state index contributed by atoms with van der Waals surface area (Å²) in [6.45, 7) is 5.82. The van der Waals surface area contributed by atoms with Gasteiger partial charge in [0.15, 0.2) is 0 Å². The van der Waals surface area contributed by atoms with Crippen LogP contribution in [0.5, 0.6) is 0 Å². The van der Waals surface area contributed by atoms with E-state index in [1.54, 1.807) is 0 Å². The first-order chi connectivity index (χ1) is 14.7. The van der Waals surface area contributed by atoms with E-state index in [2.05, 4.69) is 69.9 Å². The number of nitrogens with zero attached hydrogens (tertiary/aromatic N) is 2. The van der Waals surface area contributed by atoms with Gasteiger partial charge in [-0.2, -0.15) is 0 Å². The van der Waals surface area contributed by atoms with Crippen LogP contribution in [0.25, 0.3) is 0 Å². The number of carbonyl (C=O) groups is 1. The van der Waals surface area contributed by atoms with E-state index in [1.165, 1.54) is 5.56 Å². The molecule has 2 N–H and O–H groups in total. The number of urea groups is 1. The van der Waals surface area contributed by atoms with Crippen LogP contribution < -0.4 is 10.6 Å². The van der Waals surface area contributed by atoms with E-state index >= 15 is 0 Å². The zero-order valence-corrected chi connectivity index (χ0v) is 18.2. The number of likely N-dealkylation sites (N-methyl/N-ethyl adjacent to an activating group) is 1. The monoisotopic (exact) mass is 408 g/mol. The Bertz CT molecular complexity index is 729. The minimum atomic E-state index is -0.0685. The van der Waals surface area contributed by atoms with Crippen LogP contribution in [0.15, 0.2) is 60.7 Å². The SMILES string of the molecule is CN1CCN(CC(NC(=O)NCCCCCc2ccccc2)c2ccccc2)CC1. The van der Waals surface area contributed by atoms with Crippen molar-refractivity contribution in [2.24, 2.45) is 0 Å². The molecule has 1 fully saturated rings. The third-order valence-corrected chi connectivity index (χ3v) is 5.81. The summed E-state index contributed by atoms with van der Waals surface area (Å²) in [7, 11) is 2.16. The Morgan fingerprint density at radius 1 is 0.900 bits per heavy atom. The number of unbranched alkanes of at least 4 members (excludes halogenated alkanes) is 2. The van der Waals surface area contributed by atoms with Crippen molar-refractivity contribution in [1.29, 1.82) is 0 Å². The summed E-state index contributed by atoms with van der Waals surface area (Å²) >= 11 is 0. The average molecular weight is 409 g/mol. The molecule has 3 rings (SSSR count). The van der Waals surface area contributed by atoms with Gasteiger partial charge in [0, 0.05) is 39.3 Å². The third kappa shape index (κ3) is 7.81. The highest BCUT2D eigenvalue weighted by Crippen LogP contribution is 2.15. The largest absolute Gasteiger partial charge is 0.338 e. The van der Waals surface area contributed by atoms with Crippen molar-refractivity contribution < 1.29 is 4.79 Å². The van der Waals surface area contributed by atoms with E-state index in [9.17, 15) is 4.79 Å². The van der Waals surface area contributed by atoms with Gasteiger partial charge in [0.2, 0.25) is 0 Å². The van der Waals surface area contributed by atoms with Gasteiger partial charge in [0.25, 0.3) is 0 Å². The molecule has 2 amide bonds. The van der Waals surface area contributed by atoms with Gasteiger partial charge < -0.3 is 15.5 Å². The van der Waals surface area contributed by atoms with Gasteiger partial charge in [-0.1, -0.05) is 67.1 Å². The lowest BCUT2D eigenvalue weighted by Crippen LogP contribution is -2.49. The number of benzene rings is 2. The maximum absolute atomic E-state index is 12.5. The Balaban J connectivity index is 1.39. The minimum Gasteiger partial charge on any atom is -0.338 e. The highest BCUT2D eigenvalue weighted by atomic mass is 16.2. The first-order valence-electron chi connectivity index (χ1n) is 11.2. The Kier molecular flexibility index (Phi) is 9.19. The van der Waals surface area contributed by atoms with Gasteiger partial charge in [0.1, 0.15) is 0 Å². The molecule has 5 nitrogen and oxygen atoms in total. The Hall–Kier alpha value is -2.37. The summed E-state index contributed by atoms with van der Waals surface area (Å²) in [5, 5.41) is 6.25. The first-order valence-corrected chi connectivity index (χ1v) is 11.2. The first kappa shape index (κ1) is 22.3. The number of hydrogen-bond acceptors (Lipinski definition) is 3. The molecule has 2 aromatic carbocycles. The fourth-order valence-corrected chi connectivity index (χ4v) is 3.90. The number of hydrogen-bond donors (Lipinski definition) is 2. The van der Waals surface area contributed by atoms with E-state index in [0.717, 1.165) is 70.5 Å². The fourth-order valence-electron chi connectivity index (χ4n) is 3.90. The van der Waals surface area contributed by atoms with E-state index in [-0.39, 0.29) is 12.1 Å². The van der Waals surface area contributed by atoms with Crippen molar-refractivity contribution in [3.8, 4) is 0 Å². The van der Waals surface area contributed by atoms with Crippen molar-refractivity contribution in [2.75, 3.05) is 46.3 Å². The molecule has 0 bridgehead atoms. The third-order valence-electron chi connectivity index (χ3n) is 5.81. The van der Waals surface area contributed by atoms with Gasteiger partial charge in [-0.05, 0) is 37.4 Å². The second kappa shape index (κ2) is 12.4. The van der Waals surface area contributed by atoms with Crippen molar-refractivity contribution in [1.82, 2.24) is 20.4 Å². The van der Waals surface area contributed by atoms with Crippen LogP contribution in [0.2, 0.25) is 0 Å². The number of rotatable bonds is 10. The Morgan fingerprint density at radius 3 is 2.27 bits per heavy atom. The van der Waals surface area contributed by atoms with Crippen LogP contribution in [-0.4, -0.2) is 62.1 Å². The van der Waals surface area contributed by atoms with E-state index in [1.807, 2.05) is 18.2 Å². The molecular formula is C25H36N4O. The minimum absolute atomic E-state index is 0.00712. The number of piperazine rings is 1. The second-order valence-corrected chi connectivity index (χ2v) is 8.26. The molecule has 0 radical (unpaired) electrons. The zero-order chi connectivity index (χ0) is 21.0. The molecule has 0 aliphatic carbocycles. The average Bonchev–Trinajstić information content (AvgIpc) is 2.78. The van der Waals surface area contributed by atoms with Gasteiger partial charge in [0.05, 0.1) is 6.04 Å². The second-order valence-electron chi connectivity index (χ2n) is 8.26. The summed E-state index contributed by atoms with van der Waals surface area (Å²) in [6, 6.07) is 20.8. The lowest BCUT2D eigenvalue weighted by molar-refractivity contribution is 0.142. The van der Waals surface area contributed by atoms with Crippen LogP contribution in [0.3, 0.4) is 0 Å². The van der Waals surface area contributed by atoms with Crippen LogP contribution in [0.1, 0.15) is 36.4 Å². The molecule has 1 unspecified atom stereocenters. The quantitative estimate of drug-likeness (QED) is 0.590. The number of aryl methyl sites for hydroxylation is 1. The number of amides is 2. The summed E-state index contributed by atoms with van der Waals surface area (Å²) in [6.07, 6.45) is 4.39. The van der Waals surface area contributed by atoms with E-state index < -0.39 is 0 Å². The van der Waals surface area contributed by atoms with Crippen molar-refractivity contribution >= 4 is 6.03 Å². The molecule has 30 heavy (non-hydrogen) atoms. The standard InChI is InChI=1S/C25H36N4O/c1-28-17-19-29(20-18-28)21-24(23-14-8-3-9-15-23)27-25(30)26-16-10-4-7-13-22-11-5-2-6-12-22/h2-3,5-6,8-9,11-12,14-15,24H,4,7,10,13,16-21H2,1H3,(H2,26,27,30). The lowest BCUT2D eigenvalue weighted by Gasteiger charge is -2.35. The molecule has 1 aliphatic heterocycles. The molecule has 1 atom stereocenters. The molecule has 5 heteroatoms. The van der Waals surface area contributed by atoms with Gasteiger partial charge in [-0.3, -0.25) is 4.90 Å². The molecular weight excluding hydrogens is 372 g/mol. The summed E-state index contributed by atoms with van der Waals surface area (Å²) < 4.78 is 0. The highest BCUT2D eigenvalue weighted by Gasteiger charge is 2.21. The van der Waals surface area contributed by atoms with Crippen molar-refractivity contribution in [3.63, 3.8) is 0 Å². The summed E-state index contributed by atoms with van der Waals surface area (Å²) in [4.78, 5) is 17.3. The predicted molar refractivity (Wildman–Crippen MR) is 124 cm³/mol. The van der Waals surface area contributed by atoms with Crippen molar-refractivity contribution in [2.45, 2.75) is 31.7 Å². The maximum Gasteiger partial charge on any atom is 0.315 e. The van der Waals surface area contributed by atoms with E-state index in [4.69, 9.17) is 0 Å². The van der Waals surface area contributed by atoms with Gasteiger partial charge in [-0.15, -0.1) is 0 Å². The maximum atomic E-state index is 12.5. The topological polar surface area (TPSA) is 47.6 Å². The normalized spacial score (nSPS) is 16.2. The summed E-state index contributed by atoms with van der Waals surface area (Å²) in [5.41, 5.74) is 2.55. The molecule has 1 aliphatic rings. The Labute approximate surface area is 181 Å². The van der Waals surface area contributed by atoms with E-state index in [0.29, 0.717) is 0 Å². The van der Waals surface area contributed by atoms with Crippen LogP contribution in [-0.2, 0) is 6.42 Å². The molecule has 162 valence electrons. The fraction of sp³-hybridized carbons (Fsp3) is 0.480. The van der Waals surface area contributed by atoms with Gasteiger partial charge >= 0.3 is 6.03 Å². The number of nitrogens with one attached hydrogen (secondary N) is 2.